The lowest BCUT2D eigenvalue weighted by atomic mass is 9.70. The maximum atomic E-state index is 12.8. The van der Waals surface area contributed by atoms with Gasteiger partial charge >= 0.3 is 5.97 Å². The van der Waals surface area contributed by atoms with Crippen molar-refractivity contribution in [3.63, 3.8) is 0 Å². The number of hydrogen-bond donors (Lipinski definition) is 0. The van der Waals surface area contributed by atoms with Gasteiger partial charge in [-0.25, -0.2) is 4.79 Å². The van der Waals surface area contributed by atoms with Crippen molar-refractivity contribution in [3.8, 4) is 11.8 Å². The Morgan fingerprint density at radius 1 is 0.816 bits per heavy atom. The van der Waals surface area contributed by atoms with E-state index in [2.05, 4.69) is 19.9 Å². The first-order valence-corrected chi connectivity index (χ1v) is 16.0. The molecule has 0 amide bonds. The summed E-state index contributed by atoms with van der Waals surface area (Å²) in [5, 5.41) is 9.56. The van der Waals surface area contributed by atoms with E-state index in [1.807, 2.05) is 0 Å². The van der Waals surface area contributed by atoms with Crippen molar-refractivity contribution < 1.29 is 14.3 Å². The molecule has 1 aromatic rings. The number of ether oxygens (including phenoxy) is 2. The van der Waals surface area contributed by atoms with Crippen LogP contribution in [0.2, 0.25) is 0 Å². The summed E-state index contributed by atoms with van der Waals surface area (Å²) in [6.07, 6.45) is 24.3. The predicted octanol–water partition coefficient (Wildman–Crippen LogP) is 9.79. The van der Waals surface area contributed by atoms with E-state index in [0.717, 1.165) is 43.4 Å². The Hall–Kier alpha value is -2.02. The maximum Gasteiger partial charge on any atom is 0.338 e. The molecule has 0 atom stereocenters. The highest BCUT2D eigenvalue weighted by Gasteiger charge is 2.32. The molecule has 2 aliphatic carbocycles. The van der Waals surface area contributed by atoms with Crippen molar-refractivity contribution >= 4 is 5.97 Å². The molecule has 0 unspecified atom stereocenters. The summed E-state index contributed by atoms with van der Waals surface area (Å²) >= 11 is 0. The van der Waals surface area contributed by atoms with Gasteiger partial charge in [-0.2, -0.15) is 5.26 Å². The molecule has 0 bridgehead atoms. The van der Waals surface area contributed by atoms with Crippen LogP contribution >= 0.6 is 0 Å². The van der Waals surface area contributed by atoms with E-state index >= 15 is 0 Å². The average molecular weight is 524 g/mol. The van der Waals surface area contributed by atoms with Crippen LogP contribution in [0.25, 0.3) is 0 Å². The van der Waals surface area contributed by atoms with Gasteiger partial charge in [0, 0.05) is 0 Å². The van der Waals surface area contributed by atoms with Crippen LogP contribution in [0, 0.1) is 29.1 Å². The zero-order valence-electron chi connectivity index (χ0n) is 24.4. The molecule has 4 nitrogen and oxygen atoms in total. The number of rotatable bonds is 16. The van der Waals surface area contributed by atoms with Crippen LogP contribution in [0.3, 0.4) is 0 Å². The lowest BCUT2D eigenvalue weighted by Crippen LogP contribution is -2.29. The topological polar surface area (TPSA) is 59.3 Å². The summed E-state index contributed by atoms with van der Waals surface area (Å²) in [6.45, 7) is 5.07. The van der Waals surface area contributed by atoms with Crippen LogP contribution < -0.4 is 4.74 Å². The molecule has 2 fully saturated rings. The highest BCUT2D eigenvalue weighted by atomic mass is 16.5. The van der Waals surface area contributed by atoms with Crippen LogP contribution in [0.15, 0.2) is 18.2 Å². The van der Waals surface area contributed by atoms with Gasteiger partial charge in [0.05, 0.1) is 17.7 Å². The lowest BCUT2D eigenvalue weighted by Gasteiger charge is -2.37. The number of esters is 1. The number of carbonyl (C=O) groups excluding carboxylic acids is 1. The van der Waals surface area contributed by atoms with Crippen molar-refractivity contribution in [3.05, 3.63) is 29.3 Å². The maximum absolute atomic E-state index is 12.8. The Morgan fingerprint density at radius 3 is 2.08 bits per heavy atom. The third-order valence-electron chi connectivity index (χ3n) is 9.11. The van der Waals surface area contributed by atoms with Crippen LogP contribution in [0.5, 0.6) is 5.75 Å². The molecule has 2 saturated carbocycles. The van der Waals surface area contributed by atoms with Gasteiger partial charge in [0.2, 0.25) is 0 Å². The molecule has 2 aliphatic rings. The van der Waals surface area contributed by atoms with Gasteiger partial charge in [-0.15, -0.1) is 0 Å². The van der Waals surface area contributed by atoms with Crippen molar-refractivity contribution in [2.75, 3.05) is 6.61 Å². The van der Waals surface area contributed by atoms with Crippen LogP contribution in [0.1, 0.15) is 152 Å². The summed E-state index contributed by atoms with van der Waals surface area (Å²) in [5.41, 5.74) is 0.858. The van der Waals surface area contributed by atoms with Crippen molar-refractivity contribution in [1.29, 1.82) is 5.26 Å². The summed E-state index contributed by atoms with van der Waals surface area (Å²) in [5.74, 6) is 2.89. The number of carbonyl (C=O) groups is 1. The Balaban J connectivity index is 1.34. The molecular formula is C34H53NO3. The minimum absolute atomic E-state index is 0.00262. The Bertz CT molecular complexity index is 844. The van der Waals surface area contributed by atoms with Gasteiger partial charge in [-0.1, -0.05) is 90.9 Å². The van der Waals surface area contributed by atoms with Crippen LogP contribution in [-0.4, -0.2) is 18.7 Å². The van der Waals surface area contributed by atoms with Crippen LogP contribution in [-0.2, 0) is 4.74 Å². The molecule has 38 heavy (non-hydrogen) atoms. The van der Waals surface area contributed by atoms with Gasteiger partial charge < -0.3 is 9.47 Å². The molecule has 1 aromatic carbocycles. The molecule has 0 radical (unpaired) electrons. The minimum Gasteiger partial charge on any atom is -0.492 e. The number of unbranched alkanes of at least 4 members (excludes halogenated alkanes) is 8. The standard InChI is InChI=1S/C34H53NO3/c1-3-5-7-9-10-11-13-27-14-16-28(17-15-27)29-18-21-32(22-19-29)38-34(36)30-20-23-33(31(25-30)26-35)37-24-12-8-6-4-2/h20,23,25,27-29,32H,3-19,21-22,24H2,1-2H3. The predicted molar refractivity (Wildman–Crippen MR) is 155 cm³/mol. The van der Waals surface area contributed by atoms with Crippen molar-refractivity contribution in [2.24, 2.45) is 17.8 Å². The summed E-state index contributed by atoms with van der Waals surface area (Å²) in [6, 6.07) is 7.28. The molecule has 0 heterocycles. The average Bonchev–Trinajstić information content (AvgIpc) is 2.95. The monoisotopic (exact) mass is 523 g/mol. The second kappa shape index (κ2) is 17.5. The molecule has 0 N–H and O–H groups in total. The van der Waals surface area contributed by atoms with E-state index in [0.29, 0.717) is 23.5 Å². The zero-order chi connectivity index (χ0) is 27.0. The fraction of sp³-hybridized carbons (Fsp3) is 0.765. The first kappa shape index (κ1) is 30.5. The first-order valence-electron chi connectivity index (χ1n) is 16.0. The van der Waals surface area contributed by atoms with Gasteiger partial charge in [-0.05, 0) is 80.9 Å². The van der Waals surface area contributed by atoms with Gasteiger partial charge in [0.25, 0.3) is 0 Å². The Labute approximate surface area is 232 Å². The molecule has 0 spiro atoms. The molecule has 4 heteroatoms. The highest BCUT2D eigenvalue weighted by molar-refractivity contribution is 5.90. The largest absolute Gasteiger partial charge is 0.492 e. The highest BCUT2D eigenvalue weighted by Crippen LogP contribution is 2.41. The third-order valence-corrected chi connectivity index (χ3v) is 9.11. The van der Waals surface area contributed by atoms with Gasteiger partial charge in [0.1, 0.15) is 17.9 Å². The number of nitriles is 1. The molecule has 0 aromatic heterocycles. The Kier molecular flexibility index (Phi) is 14.1. The first-order chi connectivity index (χ1) is 18.6. The normalized spacial score (nSPS) is 23.5. The number of benzene rings is 1. The van der Waals surface area contributed by atoms with Gasteiger partial charge in [0.15, 0.2) is 0 Å². The van der Waals surface area contributed by atoms with Crippen molar-refractivity contribution in [2.45, 2.75) is 142 Å². The van der Waals surface area contributed by atoms with Crippen molar-refractivity contribution in [1.82, 2.24) is 0 Å². The van der Waals surface area contributed by atoms with E-state index in [-0.39, 0.29) is 12.1 Å². The quantitative estimate of drug-likeness (QED) is 0.160. The Morgan fingerprint density at radius 2 is 1.42 bits per heavy atom. The van der Waals surface area contributed by atoms with E-state index in [1.165, 1.54) is 96.3 Å². The van der Waals surface area contributed by atoms with E-state index in [4.69, 9.17) is 9.47 Å². The fourth-order valence-corrected chi connectivity index (χ4v) is 6.64. The second-order valence-corrected chi connectivity index (χ2v) is 12.0. The molecule has 0 aliphatic heterocycles. The number of nitrogens with zero attached hydrogens (tertiary/aromatic N) is 1. The van der Waals surface area contributed by atoms with E-state index in [1.54, 1.807) is 18.2 Å². The zero-order valence-corrected chi connectivity index (χ0v) is 24.4. The summed E-state index contributed by atoms with van der Waals surface area (Å²) < 4.78 is 11.7. The van der Waals surface area contributed by atoms with E-state index < -0.39 is 0 Å². The third kappa shape index (κ3) is 10.3. The van der Waals surface area contributed by atoms with E-state index in [9.17, 15) is 10.1 Å². The van der Waals surface area contributed by atoms with Gasteiger partial charge in [-0.3, -0.25) is 0 Å². The second-order valence-electron chi connectivity index (χ2n) is 12.0. The fourth-order valence-electron chi connectivity index (χ4n) is 6.64. The smallest absolute Gasteiger partial charge is 0.338 e. The molecule has 3 rings (SSSR count). The SMILES string of the molecule is CCCCCCCCC1CCC(C2CCC(OC(=O)c3ccc(OCCCCCC)c(C#N)c3)CC2)CC1. The summed E-state index contributed by atoms with van der Waals surface area (Å²) in [7, 11) is 0. The molecule has 0 saturated heterocycles. The molecule has 212 valence electrons. The molecular weight excluding hydrogens is 470 g/mol. The summed E-state index contributed by atoms with van der Waals surface area (Å²) in [4.78, 5) is 12.8. The lowest BCUT2D eigenvalue weighted by molar-refractivity contribution is 0.0109. The minimum atomic E-state index is -0.311. The number of hydrogen-bond acceptors (Lipinski definition) is 4. The van der Waals surface area contributed by atoms with Crippen LogP contribution in [0.4, 0.5) is 0 Å².